The number of fused-ring (bicyclic) bond motifs is 3. The fourth-order valence-electron chi connectivity index (χ4n) is 2.74. The predicted octanol–water partition coefficient (Wildman–Crippen LogP) is 1.80. The molecule has 2 aliphatic heterocycles. The van der Waals surface area contributed by atoms with Gasteiger partial charge in [0.2, 0.25) is 0 Å². The minimum absolute atomic E-state index is 0.153. The zero-order chi connectivity index (χ0) is 16.9. The number of benzene rings is 2. The molecule has 2 unspecified atom stereocenters. The molecule has 0 aliphatic carbocycles. The van der Waals surface area contributed by atoms with Crippen LogP contribution in [0.1, 0.15) is 22.0 Å². The highest BCUT2D eigenvalue weighted by atomic mass is 32.2. The van der Waals surface area contributed by atoms with Crippen LogP contribution < -0.4 is 5.32 Å². The quantitative estimate of drug-likeness (QED) is 0.620. The summed E-state index contributed by atoms with van der Waals surface area (Å²) in [4.78, 5) is 12.4. The van der Waals surface area contributed by atoms with Crippen molar-refractivity contribution in [2.45, 2.75) is 17.2 Å². The zero-order valence-corrected chi connectivity index (χ0v) is 13.9. The second-order valence-corrected chi connectivity index (χ2v) is 7.58. The fraction of sp³-hybridized carbons (Fsp3) is 0.125. The van der Waals surface area contributed by atoms with Gasteiger partial charge in [0.1, 0.15) is 6.10 Å². The molecule has 8 heteroatoms. The first-order valence-corrected chi connectivity index (χ1v) is 9.04. The van der Waals surface area contributed by atoms with Gasteiger partial charge in [-0.05, 0) is 30.4 Å². The minimum atomic E-state index is -3.87. The number of amides is 1. The van der Waals surface area contributed by atoms with E-state index in [1.54, 1.807) is 48.5 Å². The summed E-state index contributed by atoms with van der Waals surface area (Å²) >= 11 is 5.17. The highest BCUT2D eigenvalue weighted by molar-refractivity contribution is 7.91. The third kappa shape index (κ3) is 2.31. The van der Waals surface area contributed by atoms with Gasteiger partial charge in [0, 0.05) is 11.1 Å². The van der Waals surface area contributed by atoms with Crippen molar-refractivity contribution >= 4 is 33.3 Å². The third-order valence-electron chi connectivity index (χ3n) is 3.92. The van der Waals surface area contributed by atoms with Crippen molar-refractivity contribution in [3.63, 3.8) is 0 Å². The zero-order valence-electron chi connectivity index (χ0n) is 12.2. The van der Waals surface area contributed by atoms with Gasteiger partial charge in [-0.25, -0.2) is 12.7 Å². The predicted molar refractivity (Wildman–Crippen MR) is 89.6 cm³/mol. The lowest BCUT2D eigenvalue weighted by atomic mass is 10.1. The Balaban J connectivity index is 1.63. The van der Waals surface area contributed by atoms with Gasteiger partial charge in [0.15, 0.2) is 11.3 Å². The molecule has 0 radical (unpaired) electrons. The molecule has 24 heavy (non-hydrogen) atoms. The van der Waals surface area contributed by atoms with E-state index in [0.29, 0.717) is 11.1 Å². The summed E-state index contributed by atoms with van der Waals surface area (Å²) in [5, 5.41) is 2.28. The van der Waals surface area contributed by atoms with Crippen LogP contribution in [0.3, 0.4) is 0 Å². The average Bonchev–Trinajstić information content (AvgIpc) is 3.35. The van der Waals surface area contributed by atoms with Crippen LogP contribution in [0.25, 0.3) is 0 Å². The smallest absolute Gasteiger partial charge is 0.268 e. The van der Waals surface area contributed by atoms with Gasteiger partial charge in [-0.2, -0.15) is 0 Å². The second kappa shape index (κ2) is 5.37. The van der Waals surface area contributed by atoms with E-state index in [2.05, 4.69) is 5.32 Å². The molecule has 0 saturated carbocycles. The lowest BCUT2D eigenvalue weighted by Gasteiger charge is -2.27. The van der Waals surface area contributed by atoms with Crippen molar-refractivity contribution in [2.24, 2.45) is 0 Å². The van der Waals surface area contributed by atoms with Crippen LogP contribution in [-0.2, 0) is 14.8 Å². The summed E-state index contributed by atoms with van der Waals surface area (Å²) in [6.45, 7) is 0. The Morgan fingerprint density at radius 3 is 2.50 bits per heavy atom. The first-order chi connectivity index (χ1) is 11.5. The molecular formula is C16H12N2O4S2. The molecule has 4 rings (SSSR count). The molecule has 122 valence electrons. The van der Waals surface area contributed by atoms with Crippen LogP contribution in [0.2, 0.25) is 0 Å². The standard InChI is InChI=1S/C16H12N2O4S2/c19-14(10-6-2-1-3-7-10)17-16(23)18-15-13(22-15)11-8-4-5-9-12(11)24(18,20)21/h1-9,13,15H,(H,17,19,23). The molecule has 2 aliphatic rings. The Hall–Kier alpha value is -2.29. The van der Waals surface area contributed by atoms with E-state index in [1.807, 2.05) is 0 Å². The van der Waals surface area contributed by atoms with E-state index in [1.165, 1.54) is 6.07 Å². The summed E-state index contributed by atoms with van der Waals surface area (Å²) in [5.74, 6) is -0.466. The lowest BCUT2D eigenvalue weighted by molar-refractivity contribution is 0.0974. The number of carbonyl (C=O) groups excluding carboxylic acids is 1. The van der Waals surface area contributed by atoms with E-state index in [4.69, 9.17) is 17.0 Å². The first kappa shape index (κ1) is 15.3. The van der Waals surface area contributed by atoms with Gasteiger partial charge in [-0.3, -0.25) is 10.1 Å². The maximum atomic E-state index is 12.8. The molecule has 0 aromatic heterocycles. The van der Waals surface area contributed by atoms with Gasteiger partial charge in [-0.1, -0.05) is 36.4 Å². The first-order valence-electron chi connectivity index (χ1n) is 7.19. The number of epoxide rings is 1. The van der Waals surface area contributed by atoms with Crippen molar-refractivity contribution in [1.82, 2.24) is 9.62 Å². The molecule has 0 spiro atoms. The lowest BCUT2D eigenvalue weighted by Crippen LogP contribution is -2.48. The normalized spacial score (nSPS) is 22.9. The van der Waals surface area contributed by atoms with E-state index in [9.17, 15) is 13.2 Å². The van der Waals surface area contributed by atoms with Gasteiger partial charge < -0.3 is 4.74 Å². The minimum Gasteiger partial charge on any atom is -0.341 e. The van der Waals surface area contributed by atoms with Crippen LogP contribution in [0, 0.1) is 0 Å². The number of thiocarbonyl (C=S) groups is 1. The summed E-state index contributed by atoms with van der Waals surface area (Å²) in [6.07, 6.45) is -1.05. The van der Waals surface area contributed by atoms with Crippen molar-refractivity contribution < 1.29 is 17.9 Å². The van der Waals surface area contributed by atoms with Crippen LogP contribution in [0.4, 0.5) is 0 Å². The SMILES string of the molecule is O=C(NC(=S)N1C2OC2c2ccccc2S1(=O)=O)c1ccccc1. The van der Waals surface area contributed by atoms with Crippen molar-refractivity contribution in [3.05, 3.63) is 65.7 Å². The van der Waals surface area contributed by atoms with Crippen LogP contribution in [-0.4, -0.2) is 30.0 Å². The topological polar surface area (TPSA) is 79.0 Å². The van der Waals surface area contributed by atoms with Crippen LogP contribution >= 0.6 is 12.2 Å². The number of ether oxygens (including phenoxy) is 1. The maximum absolute atomic E-state index is 12.8. The van der Waals surface area contributed by atoms with Gasteiger partial charge in [0.25, 0.3) is 15.9 Å². The number of hydrogen-bond acceptors (Lipinski definition) is 5. The molecule has 6 nitrogen and oxygen atoms in total. The molecule has 2 aromatic rings. The molecule has 0 bridgehead atoms. The van der Waals surface area contributed by atoms with Crippen LogP contribution in [0.5, 0.6) is 0 Å². The highest BCUT2D eigenvalue weighted by Gasteiger charge is 2.57. The Morgan fingerprint density at radius 2 is 1.75 bits per heavy atom. The summed E-state index contributed by atoms with van der Waals surface area (Å²) in [6, 6.07) is 15.1. The fourth-order valence-corrected chi connectivity index (χ4v) is 4.88. The molecule has 1 saturated heterocycles. The van der Waals surface area contributed by atoms with E-state index in [0.717, 1.165) is 4.31 Å². The molecule has 2 heterocycles. The van der Waals surface area contributed by atoms with Crippen LogP contribution in [0.15, 0.2) is 59.5 Å². The number of nitrogens with one attached hydrogen (secondary N) is 1. The number of hydrogen-bond donors (Lipinski definition) is 1. The molecule has 1 amide bonds. The second-order valence-electron chi connectivity index (χ2n) is 5.41. The monoisotopic (exact) mass is 360 g/mol. The number of nitrogens with zero attached hydrogens (tertiary/aromatic N) is 1. The molecule has 2 aromatic carbocycles. The van der Waals surface area contributed by atoms with Gasteiger partial charge >= 0.3 is 0 Å². The highest BCUT2D eigenvalue weighted by Crippen LogP contribution is 2.49. The van der Waals surface area contributed by atoms with E-state index < -0.39 is 22.2 Å². The Labute approximate surface area is 144 Å². The molecule has 1 N–H and O–H groups in total. The Morgan fingerprint density at radius 1 is 1.08 bits per heavy atom. The third-order valence-corrected chi connectivity index (χ3v) is 6.17. The summed E-state index contributed by atoms with van der Waals surface area (Å²) in [7, 11) is -3.87. The van der Waals surface area contributed by atoms with Crippen molar-refractivity contribution in [2.75, 3.05) is 0 Å². The van der Waals surface area contributed by atoms with E-state index >= 15 is 0 Å². The molecular weight excluding hydrogens is 348 g/mol. The number of carbonyl (C=O) groups is 1. The molecule has 1 fully saturated rings. The van der Waals surface area contributed by atoms with Gasteiger partial charge in [0.05, 0.1) is 4.90 Å². The largest absolute Gasteiger partial charge is 0.341 e. The number of sulfonamides is 1. The van der Waals surface area contributed by atoms with Crippen molar-refractivity contribution in [1.29, 1.82) is 0 Å². The Kier molecular flexibility index (Phi) is 3.41. The Bertz CT molecular complexity index is 944. The van der Waals surface area contributed by atoms with Crippen molar-refractivity contribution in [3.8, 4) is 0 Å². The summed E-state index contributed by atoms with van der Waals surface area (Å²) in [5.41, 5.74) is 1.01. The number of rotatable bonds is 1. The van der Waals surface area contributed by atoms with Gasteiger partial charge in [-0.15, -0.1) is 0 Å². The summed E-state index contributed by atoms with van der Waals surface area (Å²) < 4.78 is 32.1. The maximum Gasteiger partial charge on any atom is 0.268 e. The van der Waals surface area contributed by atoms with E-state index in [-0.39, 0.29) is 16.1 Å². The molecule has 2 atom stereocenters. The average molecular weight is 360 g/mol.